The molecule has 172 valence electrons. The van der Waals surface area contributed by atoms with Gasteiger partial charge >= 0.3 is 18.8 Å². The van der Waals surface area contributed by atoms with Crippen LogP contribution in [-0.2, 0) is 17.6 Å². The number of carbonyl (C=O) groups is 1. The van der Waals surface area contributed by atoms with Crippen LogP contribution in [0.15, 0.2) is 18.2 Å². The smallest absolute Gasteiger partial charge is 0.394 e. The zero-order valence-corrected chi connectivity index (χ0v) is 17.9. The summed E-state index contributed by atoms with van der Waals surface area (Å²) >= 11 is 0. The fourth-order valence-electron chi connectivity index (χ4n) is 3.16. The minimum Gasteiger partial charge on any atom is -0.461 e. The second-order valence-electron chi connectivity index (χ2n) is 7.61. The number of hydrogen-bond acceptors (Lipinski definition) is 4. The first-order valence-electron chi connectivity index (χ1n) is 9.72. The van der Waals surface area contributed by atoms with Crippen LogP contribution >= 0.6 is 0 Å². The van der Waals surface area contributed by atoms with Crippen molar-refractivity contribution in [2.24, 2.45) is 5.41 Å². The monoisotopic (exact) mass is 448 g/mol. The number of aryl methyl sites for hydroxylation is 1. The van der Waals surface area contributed by atoms with E-state index in [1.165, 1.54) is 16.7 Å². The summed E-state index contributed by atoms with van der Waals surface area (Å²) in [5.41, 5.74) is -1.36. The van der Waals surface area contributed by atoms with Gasteiger partial charge < -0.3 is 9.47 Å². The maximum absolute atomic E-state index is 13.3. The lowest BCUT2D eigenvalue weighted by Crippen LogP contribution is -2.34. The summed E-state index contributed by atoms with van der Waals surface area (Å²) in [5, 5.41) is 0. The number of imidazole rings is 1. The third-order valence-electron chi connectivity index (χ3n) is 4.86. The number of alkyl halides is 5. The summed E-state index contributed by atoms with van der Waals surface area (Å²) in [7, 11) is 0. The molecule has 2 rings (SSSR count). The van der Waals surface area contributed by atoms with E-state index < -0.39 is 30.6 Å². The molecule has 0 atom stereocenters. The van der Waals surface area contributed by atoms with Crippen molar-refractivity contribution < 1.29 is 36.2 Å². The molecule has 0 aliphatic rings. The molecule has 0 bridgehead atoms. The van der Waals surface area contributed by atoms with Crippen LogP contribution in [0.4, 0.5) is 22.0 Å². The largest absolute Gasteiger partial charge is 0.461 e. The number of rotatable bonds is 8. The summed E-state index contributed by atoms with van der Waals surface area (Å²) in [4.78, 5) is 16.4. The average molecular weight is 448 g/mol. The van der Waals surface area contributed by atoms with Crippen LogP contribution in [0, 0.1) is 12.3 Å². The number of benzene rings is 1. The molecule has 0 fully saturated rings. The van der Waals surface area contributed by atoms with E-state index in [0.29, 0.717) is 17.9 Å². The Morgan fingerprint density at radius 1 is 1.19 bits per heavy atom. The molecule has 0 amide bonds. The first-order valence-corrected chi connectivity index (χ1v) is 9.72. The van der Waals surface area contributed by atoms with Crippen molar-refractivity contribution in [1.29, 1.82) is 0 Å². The van der Waals surface area contributed by atoms with Crippen LogP contribution < -0.4 is 4.74 Å². The minimum atomic E-state index is -4.47. The molecule has 31 heavy (non-hydrogen) atoms. The van der Waals surface area contributed by atoms with E-state index in [0.717, 1.165) is 19.9 Å². The highest BCUT2D eigenvalue weighted by Gasteiger charge is 2.47. The SMILES string of the molecule is CCOC(=O)c1nc(CC)n(-c2ccc(CC(C)(C)C(F)(F)F)cc2OC(F)F)c1C. The molecule has 0 saturated carbocycles. The summed E-state index contributed by atoms with van der Waals surface area (Å²) < 4.78 is 77.1. The first kappa shape index (κ1) is 24.6. The maximum Gasteiger partial charge on any atom is 0.394 e. The molecule has 0 spiro atoms. The molecule has 0 aliphatic carbocycles. The fraction of sp³-hybridized carbons (Fsp3) is 0.524. The number of nitrogens with zero attached hydrogens (tertiary/aromatic N) is 2. The molecule has 0 saturated heterocycles. The van der Waals surface area contributed by atoms with Gasteiger partial charge in [0.2, 0.25) is 0 Å². The molecule has 1 heterocycles. The van der Waals surface area contributed by atoms with Gasteiger partial charge in [-0.05, 0) is 38.0 Å². The van der Waals surface area contributed by atoms with Crippen LogP contribution in [0.2, 0.25) is 0 Å². The number of ether oxygens (including phenoxy) is 2. The molecule has 5 nitrogen and oxygen atoms in total. The molecule has 0 aliphatic heterocycles. The highest BCUT2D eigenvalue weighted by molar-refractivity contribution is 5.89. The molecule has 0 radical (unpaired) electrons. The molecule has 10 heteroatoms. The summed E-state index contributed by atoms with van der Waals surface area (Å²) in [6.45, 7) is 4.00. The van der Waals surface area contributed by atoms with Gasteiger partial charge in [0.15, 0.2) is 5.69 Å². The van der Waals surface area contributed by atoms with Crippen LogP contribution in [0.5, 0.6) is 5.75 Å². The van der Waals surface area contributed by atoms with Gasteiger partial charge in [0.05, 0.1) is 23.4 Å². The fourth-order valence-corrected chi connectivity index (χ4v) is 3.16. The van der Waals surface area contributed by atoms with Gasteiger partial charge in [0, 0.05) is 6.42 Å². The van der Waals surface area contributed by atoms with E-state index in [1.807, 2.05) is 0 Å². The Bertz CT molecular complexity index is 936. The Morgan fingerprint density at radius 3 is 2.35 bits per heavy atom. The van der Waals surface area contributed by atoms with Gasteiger partial charge in [-0.2, -0.15) is 22.0 Å². The number of esters is 1. The maximum atomic E-state index is 13.3. The lowest BCUT2D eigenvalue weighted by molar-refractivity contribution is -0.211. The molecule has 0 unspecified atom stereocenters. The zero-order chi connectivity index (χ0) is 23.6. The third-order valence-corrected chi connectivity index (χ3v) is 4.86. The molecular weight excluding hydrogens is 423 g/mol. The van der Waals surface area contributed by atoms with Crippen molar-refractivity contribution in [2.75, 3.05) is 6.61 Å². The van der Waals surface area contributed by atoms with Crippen LogP contribution in [0.1, 0.15) is 55.3 Å². The van der Waals surface area contributed by atoms with E-state index in [4.69, 9.17) is 4.74 Å². The van der Waals surface area contributed by atoms with E-state index in [2.05, 4.69) is 9.72 Å². The Morgan fingerprint density at radius 2 is 1.84 bits per heavy atom. The van der Waals surface area contributed by atoms with E-state index in [-0.39, 0.29) is 29.3 Å². The van der Waals surface area contributed by atoms with Crippen LogP contribution in [0.25, 0.3) is 5.69 Å². The van der Waals surface area contributed by atoms with Crippen molar-refractivity contribution in [3.8, 4) is 11.4 Å². The number of aromatic nitrogens is 2. The summed E-state index contributed by atoms with van der Waals surface area (Å²) in [6, 6.07) is 3.98. The molecule has 0 N–H and O–H groups in total. The Kier molecular flexibility index (Phi) is 7.33. The molecule has 1 aromatic carbocycles. The van der Waals surface area contributed by atoms with Crippen LogP contribution in [0.3, 0.4) is 0 Å². The highest BCUT2D eigenvalue weighted by atomic mass is 19.4. The highest BCUT2D eigenvalue weighted by Crippen LogP contribution is 2.41. The lowest BCUT2D eigenvalue weighted by atomic mass is 9.85. The van der Waals surface area contributed by atoms with Crippen molar-refractivity contribution in [3.05, 3.63) is 41.0 Å². The quantitative estimate of drug-likeness (QED) is 0.387. The van der Waals surface area contributed by atoms with Crippen molar-refractivity contribution >= 4 is 5.97 Å². The normalized spacial score (nSPS) is 12.4. The lowest BCUT2D eigenvalue weighted by Gasteiger charge is -2.28. The Labute approximate surface area is 177 Å². The average Bonchev–Trinajstić information content (AvgIpc) is 2.97. The number of halogens is 5. The van der Waals surface area contributed by atoms with Gasteiger partial charge in [0.25, 0.3) is 0 Å². The van der Waals surface area contributed by atoms with Gasteiger partial charge in [-0.3, -0.25) is 4.57 Å². The van der Waals surface area contributed by atoms with E-state index >= 15 is 0 Å². The van der Waals surface area contributed by atoms with Gasteiger partial charge in [0.1, 0.15) is 11.6 Å². The topological polar surface area (TPSA) is 53.3 Å². The number of hydrogen-bond donors (Lipinski definition) is 0. The predicted molar refractivity (Wildman–Crippen MR) is 104 cm³/mol. The summed E-state index contributed by atoms with van der Waals surface area (Å²) in [5.74, 6) is -0.576. The van der Waals surface area contributed by atoms with E-state index in [9.17, 15) is 26.7 Å². The van der Waals surface area contributed by atoms with Crippen molar-refractivity contribution in [1.82, 2.24) is 9.55 Å². The molecule has 1 aromatic heterocycles. The molecular formula is C21H25F5N2O3. The predicted octanol–water partition coefficient (Wildman–Crippen LogP) is 5.65. The Hall–Kier alpha value is -2.65. The van der Waals surface area contributed by atoms with Crippen molar-refractivity contribution in [3.63, 3.8) is 0 Å². The summed E-state index contributed by atoms with van der Waals surface area (Å²) in [6.07, 6.45) is -4.54. The first-order chi connectivity index (χ1) is 14.3. The third kappa shape index (κ3) is 5.34. The van der Waals surface area contributed by atoms with E-state index in [1.54, 1.807) is 20.8 Å². The van der Waals surface area contributed by atoms with Crippen LogP contribution in [-0.4, -0.2) is 34.9 Å². The minimum absolute atomic E-state index is 0.0315. The zero-order valence-electron chi connectivity index (χ0n) is 17.9. The molecule has 2 aromatic rings. The Balaban J connectivity index is 2.60. The second-order valence-corrected chi connectivity index (χ2v) is 7.61. The van der Waals surface area contributed by atoms with Gasteiger partial charge in [-0.1, -0.05) is 26.8 Å². The van der Waals surface area contributed by atoms with Gasteiger partial charge in [-0.15, -0.1) is 0 Å². The number of carbonyl (C=O) groups excluding carboxylic acids is 1. The standard InChI is InChI=1S/C21H25F5N2O3/c1-6-16-27-17(18(29)30-7-2)12(3)28(16)14-9-8-13(10-15(14)31-19(22)23)11-20(4,5)21(24,25)26/h8-10,19H,6-7,11H2,1-5H3. The van der Waals surface area contributed by atoms with Crippen molar-refractivity contribution in [2.45, 2.75) is 60.2 Å². The second kappa shape index (κ2) is 9.23. The van der Waals surface area contributed by atoms with Gasteiger partial charge in [-0.25, -0.2) is 9.78 Å².